The molecule has 2 N–H and O–H groups in total. The largest absolute Gasteiger partial charge is 0.477 e. The molecule has 24 heavy (non-hydrogen) atoms. The van der Waals surface area contributed by atoms with E-state index < -0.39 is 5.97 Å². The van der Waals surface area contributed by atoms with Crippen molar-refractivity contribution in [2.75, 3.05) is 13.1 Å². The van der Waals surface area contributed by atoms with Crippen molar-refractivity contribution in [2.45, 2.75) is 25.8 Å². The molecule has 126 valence electrons. The molecule has 0 saturated carbocycles. The summed E-state index contributed by atoms with van der Waals surface area (Å²) in [6, 6.07) is 7.42. The van der Waals surface area contributed by atoms with Crippen LogP contribution >= 0.6 is 11.3 Å². The third-order valence-corrected chi connectivity index (χ3v) is 5.31. The molecule has 0 atom stereocenters. The molecule has 0 unspecified atom stereocenters. The number of likely N-dealkylation sites (tertiary alicyclic amines) is 1. The van der Waals surface area contributed by atoms with Gasteiger partial charge in [-0.3, -0.25) is 9.59 Å². The number of rotatable bonds is 5. The molecule has 1 aliphatic rings. The highest BCUT2D eigenvalue weighted by molar-refractivity contribution is 7.21. The second-order valence-electron chi connectivity index (χ2n) is 5.76. The lowest BCUT2D eigenvalue weighted by Crippen LogP contribution is -2.42. The Kier molecular flexibility index (Phi) is 4.80. The van der Waals surface area contributed by atoms with Crippen LogP contribution in [0.4, 0.5) is 0 Å². The van der Waals surface area contributed by atoms with Crippen LogP contribution in [0.25, 0.3) is 10.1 Å². The molecule has 0 bridgehead atoms. The van der Waals surface area contributed by atoms with E-state index in [1.54, 1.807) is 4.90 Å². The molecular formula is C17H18N2O4S. The van der Waals surface area contributed by atoms with E-state index in [0.717, 1.165) is 22.9 Å². The van der Waals surface area contributed by atoms with Gasteiger partial charge in [-0.1, -0.05) is 18.2 Å². The molecule has 3 rings (SSSR count). The number of benzene rings is 1. The molecule has 7 heteroatoms. The zero-order valence-electron chi connectivity index (χ0n) is 13.1. The van der Waals surface area contributed by atoms with E-state index in [9.17, 15) is 19.5 Å². The highest BCUT2D eigenvalue weighted by Gasteiger charge is 2.21. The van der Waals surface area contributed by atoms with Crippen molar-refractivity contribution in [2.24, 2.45) is 0 Å². The number of nitrogens with zero attached hydrogens (tertiary/aromatic N) is 1. The number of nitrogens with one attached hydrogen (secondary N) is 1. The van der Waals surface area contributed by atoms with E-state index in [0.29, 0.717) is 18.5 Å². The number of carbonyl (C=O) groups excluding carboxylic acids is 2. The number of carboxylic acids is 1. The number of hydrogen-bond donors (Lipinski definition) is 2. The Morgan fingerprint density at radius 3 is 2.79 bits per heavy atom. The van der Waals surface area contributed by atoms with Crippen molar-refractivity contribution in [1.29, 1.82) is 0 Å². The molecule has 0 aliphatic carbocycles. The van der Waals surface area contributed by atoms with Gasteiger partial charge in [-0.05, 0) is 24.3 Å². The predicted molar refractivity (Wildman–Crippen MR) is 91.1 cm³/mol. The molecule has 0 radical (unpaired) electrons. The summed E-state index contributed by atoms with van der Waals surface area (Å²) in [7, 11) is 0. The lowest BCUT2D eigenvalue weighted by atomic mass is 10.1. The number of piperidine rings is 1. The molecular weight excluding hydrogens is 328 g/mol. The highest BCUT2D eigenvalue weighted by Crippen LogP contribution is 2.31. The lowest BCUT2D eigenvalue weighted by Gasteiger charge is -2.25. The molecule has 6 nitrogen and oxygen atoms in total. The topological polar surface area (TPSA) is 86.7 Å². The van der Waals surface area contributed by atoms with Crippen LogP contribution in [0.3, 0.4) is 0 Å². The maximum atomic E-state index is 12.1. The van der Waals surface area contributed by atoms with E-state index in [4.69, 9.17) is 0 Å². The van der Waals surface area contributed by atoms with Crippen molar-refractivity contribution in [3.63, 3.8) is 0 Å². The summed E-state index contributed by atoms with van der Waals surface area (Å²) in [6.45, 7) is 0.782. The van der Waals surface area contributed by atoms with Crippen molar-refractivity contribution in [3.8, 4) is 0 Å². The van der Waals surface area contributed by atoms with Crippen LogP contribution in [-0.4, -0.2) is 40.9 Å². The minimum atomic E-state index is -0.994. The van der Waals surface area contributed by atoms with Crippen LogP contribution in [0.1, 0.15) is 34.5 Å². The highest BCUT2D eigenvalue weighted by atomic mass is 32.1. The van der Waals surface area contributed by atoms with Gasteiger partial charge in [0.2, 0.25) is 11.8 Å². The number of amides is 2. The summed E-state index contributed by atoms with van der Waals surface area (Å²) in [5.74, 6) is -1.26. The van der Waals surface area contributed by atoms with E-state index in [-0.39, 0.29) is 29.8 Å². The van der Waals surface area contributed by atoms with Crippen molar-refractivity contribution < 1.29 is 19.5 Å². The standard InChI is InChI=1S/C17H18N2O4S/c20-14(10-19-8-4-3-7-15(19)21)18-9-12-11-5-1-2-6-13(11)24-16(12)17(22)23/h1-2,5-6H,3-4,7-10H2,(H,18,20)(H,22,23). The summed E-state index contributed by atoms with van der Waals surface area (Å²) < 4.78 is 0.880. The molecule has 2 amide bonds. The van der Waals surface area contributed by atoms with Gasteiger partial charge in [0.1, 0.15) is 4.88 Å². The van der Waals surface area contributed by atoms with Crippen molar-refractivity contribution >= 4 is 39.2 Å². The third-order valence-electron chi connectivity index (χ3n) is 4.11. The Labute approximate surface area is 143 Å². The van der Waals surface area contributed by atoms with Crippen LogP contribution < -0.4 is 5.32 Å². The van der Waals surface area contributed by atoms with E-state index in [1.165, 1.54) is 11.3 Å². The average Bonchev–Trinajstić information content (AvgIpc) is 2.94. The molecule has 1 saturated heterocycles. The zero-order valence-corrected chi connectivity index (χ0v) is 13.9. The van der Waals surface area contributed by atoms with Gasteiger partial charge in [0.05, 0.1) is 6.54 Å². The van der Waals surface area contributed by atoms with E-state index >= 15 is 0 Å². The first kappa shape index (κ1) is 16.4. The predicted octanol–water partition coefficient (Wildman–Crippen LogP) is 2.23. The van der Waals surface area contributed by atoms with Gasteiger partial charge in [-0.15, -0.1) is 11.3 Å². The van der Waals surface area contributed by atoms with Gasteiger partial charge >= 0.3 is 5.97 Å². The second kappa shape index (κ2) is 7.00. The van der Waals surface area contributed by atoms with Crippen molar-refractivity contribution in [3.05, 3.63) is 34.7 Å². The summed E-state index contributed by atoms with van der Waals surface area (Å²) >= 11 is 1.20. The molecule has 1 aliphatic heterocycles. The first-order valence-electron chi connectivity index (χ1n) is 7.84. The monoisotopic (exact) mass is 346 g/mol. The summed E-state index contributed by atoms with van der Waals surface area (Å²) in [6.07, 6.45) is 2.28. The van der Waals surface area contributed by atoms with Crippen LogP contribution in [-0.2, 0) is 16.1 Å². The summed E-state index contributed by atoms with van der Waals surface area (Å²) in [5.41, 5.74) is 0.612. The zero-order chi connectivity index (χ0) is 17.1. The van der Waals surface area contributed by atoms with Gasteiger partial charge in [0.25, 0.3) is 0 Å². The van der Waals surface area contributed by atoms with Crippen LogP contribution in [0, 0.1) is 0 Å². The molecule has 2 aromatic rings. The van der Waals surface area contributed by atoms with E-state index in [2.05, 4.69) is 5.32 Å². The second-order valence-corrected chi connectivity index (χ2v) is 6.81. The van der Waals surface area contributed by atoms with Gasteiger partial charge in [0, 0.05) is 29.8 Å². The van der Waals surface area contributed by atoms with Crippen molar-refractivity contribution in [1.82, 2.24) is 10.2 Å². The van der Waals surface area contributed by atoms with Gasteiger partial charge in [0.15, 0.2) is 0 Å². The van der Waals surface area contributed by atoms with Gasteiger partial charge in [-0.25, -0.2) is 4.79 Å². The maximum Gasteiger partial charge on any atom is 0.346 e. The summed E-state index contributed by atoms with van der Waals surface area (Å²) in [4.78, 5) is 37.1. The number of carbonyl (C=O) groups is 3. The number of aromatic carboxylic acids is 1. The Balaban J connectivity index is 1.71. The minimum absolute atomic E-state index is 0.00334. The van der Waals surface area contributed by atoms with Crippen LogP contribution in [0.15, 0.2) is 24.3 Å². The fraction of sp³-hybridized carbons (Fsp3) is 0.353. The molecule has 1 aromatic heterocycles. The SMILES string of the molecule is O=C(CN1CCCCC1=O)NCc1c(C(=O)O)sc2ccccc12. The number of thiophene rings is 1. The fourth-order valence-corrected chi connectivity index (χ4v) is 3.95. The molecule has 2 heterocycles. The minimum Gasteiger partial charge on any atom is -0.477 e. The quantitative estimate of drug-likeness (QED) is 0.869. The Morgan fingerprint density at radius 1 is 1.25 bits per heavy atom. The fourth-order valence-electron chi connectivity index (χ4n) is 2.89. The average molecular weight is 346 g/mol. The number of carboxylic acid groups (broad SMARTS) is 1. The van der Waals surface area contributed by atoms with Gasteiger partial charge < -0.3 is 15.3 Å². The Hall–Kier alpha value is -2.41. The molecule has 0 spiro atoms. The van der Waals surface area contributed by atoms with Crippen LogP contribution in [0.2, 0.25) is 0 Å². The molecule has 1 fully saturated rings. The van der Waals surface area contributed by atoms with E-state index in [1.807, 2.05) is 24.3 Å². The lowest BCUT2D eigenvalue weighted by molar-refractivity contribution is -0.137. The number of hydrogen-bond acceptors (Lipinski definition) is 4. The summed E-state index contributed by atoms with van der Waals surface area (Å²) in [5, 5.41) is 13.0. The Morgan fingerprint density at radius 2 is 2.04 bits per heavy atom. The third kappa shape index (κ3) is 3.41. The number of fused-ring (bicyclic) bond motifs is 1. The first-order chi connectivity index (χ1) is 11.6. The Bertz CT molecular complexity index is 799. The smallest absolute Gasteiger partial charge is 0.346 e. The molecule has 1 aromatic carbocycles. The normalized spacial score (nSPS) is 14.8. The first-order valence-corrected chi connectivity index (χ1v) is 8.66. The van der Waals surface area contributed by atoms with Crippen LogP contribution in [0.5, 0.6) is 0 Å². The van der Waals surface area contributed by atoms with Gasteiger partial charge in [-0.2, -0.15) is 0 Å². The maximum absolute atomic E-state index is 12.1.